The molecule has 0 aliphatic carbocycles. The van der Waals surface area contributed by atoms with Crippen LogP contribution in [0.15, 0.2) is 97.1 Å². The molecule has 1 aliphatic rings. The molecule has 3 atom stereocenters. The van der Waals surface area contributed by atoms with Gasteiger partial charge in [-0.05, 0) is 48.2 Å². The number of hydrogen-bond donors (Lipinski definition) is 4. The number of aromatic amines is 1. The number of carbonyl (C=O) groups excluding carboxylic acids is 4. The second-order valence-electron chi connectivity index (χ2n) is 10.8. The lowest BCUT2D eigenvalue weighted by molar-refractivity contribution is -0.137. The van der Waals surface area contributed by atoms with Crippen molar-refractivity contribution in [2.45, 2.75) is 38.3 Å². The first-order chi connectivity index (χ1) is 21.4. The molecule has 1 aromatic heterocycles. The van der Waals surface area contributed by atoms with Gasteiger partial charge in [-0.15, -0.1) is 0 Å². The summed E-state index contributed by atoms with van der Waals surface area (Å²) in [7, 11) is 0. The molecular weight excluding hydrogens is 556 g/mol. The van der Waals surface area contributed by atoms with E-state index in [1.165, 1.54) is 6.08 Å². The number of aromatic nitrogens is 1. The molecule has 1 saturated heterocycles. The highest BCUT2D eigenvalue weighted by molar-refractivity contribution is 5.99. The lowest BCUT2D eigenvalue weighted by Crippen LogP contribution is -2.51. The third kappa shape index (κ3) is 7.60. The number of carbonyl (C=O) groups is 4. The van der Waals surface area contributed by atoms with Gasteiger partial charge in [0.25, 0.3) is 5.91 Å². The van der Waals surface area contributed by atoms with E-state index in [1.807, 2.05) is 78.9 Å². The van der Waals surface area contributed by atoms with Gasteiger partial charge in [0.1, 0.15) is 11.7 Å². The molecule has 0 radical (unpaired) electrons. The first-order valence-corrected chi connectivity index (χ1v) is 14.9. The average Bonchev–Trinajstić information content (AvgIpc) is 3.69. The molecule has 2 heterocycles. The van der Waals surface area contributed by atoms with E-state index in [0.717, 1.165) is 27.6 Å². The molecule has 1 aliphatic heterocycles. The Kier molecular flexibility index (Phi) is 9.86. The predicted molar refractivity (Wildman–Crippen MR) is 169 cm³/mol. The van der Waals surface area contributed by atoms with Crippen molar-refractivity contribution in [1.29, 1.82) is 0 Å². The monoisotopic (exact) mass is 592 g/mol. The van der Waals surface area contributed by atoms with E-state index in [4.69, 9.17) is 4.74 Å². The van der Waals surface area contributed by atoms with Gasteiger partial charge in [-0.3, -0.25) is 14.4 Å². The van der Waals surface area contributed by atoms with Crippen LogP contribution in [0.4, 0.5) is 0 Å². The van der Waals surface area contributed by atoms with Gasteiger partial charge < -0.3 is 25.7 Å². The van der Waals surface area contributed by atoms with Crippen LogP contribution < -0.4 is 16.0 Å². The third-order valence-corrected chi connectivity index (χ3v) is 7.70. The molecule has 0 saturated carbocycles. The van der Waals surface area contributed by atoms with Crippen LogP contribution in [0.1, 0.15) is 35.8 Å². The van der Waals surface area contributed by atoms with Crippen molar-refractivity contribution >= 4 is 34.5 Å². The summed E-state index contributed by atoms with van der Waals surface area (Å²) in [5.74, 6) is -1.79. The second-order valence-corrected chi connectivity index (χ2v) is 10.8. The van der Waals surface area contributed by atoms with Gasteiger partial charge in [0.05, 0.1) is 6.61 Å². The average molecular weight is 593 g/mol. The zero-order valence-electron chi connectivity index (χ0n) is 24.5. The number of amides is 3. The smallest absolute Gasteiger partial charge is 0.330 e. The van der Waals surface area contributed by atoms with Gasteiger partial charge in [-0.2, -0.15) is 0 Å². The minimum atomic E-state index is -0.926. The summed E-state index contributed by atoms with van der Waals surface area (Å²) in [6.45, 7) is 2.49. The van der Waals surface area contributed by atoms with Gasteiger partial charge in [0.2, 0.25) is 11.8 Å². The van der Waals surface area contributed by atoms with E-state index in [-0.39, 0.29) is 24.9 Å². The zero-order chi connectivity index (χ0) is 30.9. The fraction of sp³-hybridized carbons (Fsp3) is 0.257. The summed E-state index contributed by atoms with van der Waals surface area (Å²) in [4.78, 5) is 54.8. The van der Waals surface area contributed by atoms with Crippen molar-refractivity contribution in [2.24, 2.45) is 5.92 Å². The topological polar surface area (TPSA) is 129 Å². The van der Waals surface area contributed by atoms with Gasteiger partial charge >= 0.3 is 5.97 Å². The van der Waals surface area contributed by atoms with Crippen LogP contribution in [0, 0.1) is 5.92 Å². The maximum Gasteiger partial charge on any atom is 0.330 e. The van der Waals surface area contributed by atoms with Crippen molar-refractivity contribution < 1.29 is 23.9 Å². The first kappa shape index (κ1) is 30.3. The number of hydrogen-bond acceptors (Lipinski definition) is 5. The Morgan fingerprint density at radius 1 is 0.955 bits per heavy atom. The Bertz CT molecular complexity index is 1660. The van der Waals surface area contributed by atoms with Crippen molar-refractivity contribution in [3.05, 3.63) is 108 Å². The standard InChI is InChI=1S/C35H36N4O5/c1-2-44-32(40)18-15-26(22-25-19-20-36-33(25)41)37-35(43)31(21-23-9-4-3-5-10-23)39-34(42)30-17-16-29(38-30)28-14-8-12-24-11-6-7-13-27(24)28/h3-18,25-26,31,38H,2,19-22H2,1H3,(H,36,41)(H,37,43)(H,39,42)/b18-15+. The summed E-state index contributed by atoms with van der Waals surface area (Å²) in [5, 5.41) is 10.8. The van der Waals surface area contributed by atoms with E-state index >= 15 is 0 Å². The molecule has 5 rings (SSSR count). The van der Waals surface area contributed by atoms with E-state index in [0.29, 0.717) is 25.1 Å². The summed E-state index contributed by atoms with van der Waals surface area (Å²) in [6.07, 6.45) is 4.00. The Morgan fingerprint density at radius 2 is 1.73 bits per heavy atom. The van der Waals surface area contributed by atoms with Crippen LogP contribution in [-0.2, 0) is 25.5 Å². The third-order valence-electron chi connectivity index (χ3n) is 7.70. The number of rotatable bonds is 12. The molecular formula is C35H36N4O5. The highest BCUT2D eigenvalue weighted by Crippen LogP contribution is 2.28. The van der Waals surface area contributed by atoms with Gasteiger partial charge in [-0.1, -0.05) is 78.9 Å². The van der Waals surface area contributed by atoms with Crippen LogP contribution in [-0.4, -0.2) is 53.9 Å². The minimum Gasteiger partial charge on any atom is -0.463 e. The van der Waals surface area contributed by atoms with Gasteiger partial charge in [0.15, 0.2) is 0 Å². The fourth-order valence-electron chi connectivity index (χ4n) is 5.47. The zero-order valence-corrected chi connectivity index (χ0v) is 24.5. The number of H-pyrrole nitrogens is 1. The van der Waals surface area contributed by atoms with Crippen LogP contribution in [0.2, 0.25) is 0 Å². The van der Waals surface area contributed by atoms with E-state index in [1.54, 1.807) is 19.1 Å². The van der Waals surface area contributed by atoms with Crippen molar-refractivity contribution in [3.63, 3.8) is 0 Å². The minimum absolute atomic E-state index is 0.0864. The SMILES string of the molecule is CCOC(=O)/C=C/C(CC1CCNC1=O)NC(=O)C(Cc1ccccc1)NC(=O)c1ccc(-c2cccc3ccccc23)[nH]1. The van der Waals surface area contributed by atoms with Crippen LogP contribution in [0.25, 0.3) is 22.0 Å². The summed E-state index contributed by atoms with van der Waals surface area (Å²) < 4.78 is 5.00. The molecule has 226 valence electrons. The first-order valence-electron chi connectivity index (χ1n) is 14.9. The Labute approximate surface area is 256 Å². The second kappa shape index (κ2) is 14.3. The molecule has 0 bridgehead atoms. The van der Waals surface area contributed by atoms with E-state index in [9.17, 15) is 19.2 Å². The van der Waals surface area contributed by atoms with Gasteiger partial charge in [-0.25, -0.2) is 4.79 Å². The quantitative estimate of drug-likeness (QED) is 0.144. The van der Waals surface area contributed by atoms with Crippen molar-refractivity contribution in [3.8, 4) is 11.3 Å². The molecule has 4 aromatic rings. The normalized spacial score (nSPS) is 15.9. The van der Waals surface area contributed by atoms with Gasteiger partial charge in [0, 0.05) is 42.3 Å². The highest BCUT2D eigenvalue weighted by atomic mass is 16.5. The number of fused-ring (bicyclic) bond motifs is 1. The summed E-state index contributed by atoms with van der Waals surface area (Å²) in [6, 6.07) is 25.4. The van der Waals surface area contributed by atoms with Crippen molar-refractivity contribution in [2.75, 3.05) is 13.2 Å². The molecule has 4 N–H and O–H groups in total. The molecule has 3 amide bonds. The van der Waals surface area contributed by atoms with Crippen LogP contribution in [0.5, 0.6) is 0 Å². The molecule has 3 unspecified atom stereocenters. The summed E-state index contributed by atoms with van der Waals surface area (Å²) in [5.41, 5.74) is 2.94. The maximum atomic E-state index is 13.7. The molecule has 9 nitrogen and oxygen atoms in total. The largest absolute Gasteiger partial charge is 0.463 e. The van der Waals surface area contributed by atoms with Crippen molar-refractivity contribution in [1.82, 2.24) is 20.9 Å². The number of ether oxygens (including phenoxy) is 1. The molecule has 9 heteroatoms. The Morgan fingerprint density at radius 3 is 2.50 bits per heavy atom. The Hall–Kier alpha value is -5.18. The molecule has 1 fully saturated rings. The maximum absolute atomic E-state index is 13.7. The van der Waals surface area contributed by atoms with E-state index in [2.05, 4.69) is 20.9 Å². The summed E-state index contributed by atoms with van der Waals surface area (Å²) >= 11 is 0. The van der Waals surface area contributed by atoms with E-state index < -0.39 is 29.9 Å². The fourth-order valence-corrected chi connectivity index (χ4v) is 5.47. The van der Waals surface area contributed by atoms with Crippen LogP contribution >= 0.6 is 0 Å². The number of nitrogens with one attached hydrogen (secondary N) is 4. The number of esters is 1. The molecule has 0 spiro atoms. The molecule has 44 heavy (non-hydrogen) atoms. The predicted octanol–water partition coefficient (Wildman–Crippen LogP) is 4.31. The highest BCUT2D eigenvalue weighted by Gasteiger charge is 2.29. The molecule has 3 aromatic carbocycles. The van der Waals surface area contributed by atoms with Crippen LogP contribution in [0.3, 0.4) is 0 Å². The lowest BCUT2D eigenvalue weighted by Gasteiger charge is -2.23. The Balaban J connectivity index is 1.36. The number of benzene rings is 3. The lowest BCUT2D eigenvalue weighted by atomic mass is 9.97.